The number of carbonyl (C=O) groups is 3. The Balaban J connectivity index is 1.66. The van der Waals surface area contributed by atoms with Gasteiger partial charge in [0, 0.05) is 6.54 Å². The lowest BCUT2D eigenvalue weighted by molar-refractivity contribution is -0.122. The van der Waals surface area contributed by atoms with Crippen LogP contribution in [-0.2, 0) is 30.9 Å². The number of carbonyl (C=O) groups excluding carboxylic acids is 3. The van der Waals surface area contributed by atoms with Crippen molar-refractivity contribution in [1.82, 2.24) is 4.31 Å². The van der Waals surface area contributed by atoms with E-state index in [0.717, 1.165) is 20.5 Å². The molecule has 2 aromatic carbocycles. The van der Waals surface area contributed by atoms with Crippen molar-refractivity contribution < 1.29 is 31.9 Å². The van der Waals surface area contributed by atoms with Crippen molar-refractivity contribution in [3.8, 4) is 0 Å². The fourth-order valence-electron chi connectivity index (χ4n) is 3.73. The molecular formula is C24H21FN2O6S2. The van der Waals surface area contributed by atoms with Crippen LogP contribution in [0.1, 0.15) is 29.3 Å². The number of imide groups is 1. The summed E-state index contributed by atoms with van der Waals surface area (Å²) < 4.78 is 46.3. The number of hydrogen-bond donors (Lipinski definition) is 0. The molecule has 0 radical (unpaired) electrons. The van der Waals surface area contributed by atoms with Gasteiger partial charge in [-0.25, -0.2) is 22.5 Å². The highest BCUT2D eigenvalue weighted by atomic mass is 32.2. The monoisotopic (exact) mass is 516 g/mol. The van der Waals surface area contributed by atoms with E-state index in [0.29, 0.717) is 5.56 Å². The van der Waals surface area contributed by atoms with Crippen LogP contribution in [0.25, 0.3) is 0 Å². The first-order valence-corrected chi connectivity index (χ1v) is 13.0. The average molecular weight is 517 g/mol. The minimum absolute atomic E-state index is 0.0251. The quantitative estimate of drug-likeness (QED) is 0.335. The number of amides is 2. The maximum absolute atomic E-state index is 13.5. The Hall–Kier alpha value is -3.41. The molecule has 1 aromatic heterocycles. The van der Waals surface area contributed by atoms with E-state index in [1.54, 1.807) is 18.4 Å². The molecule has 0 N–H and O–H groups in total. The molecule has 1 saturated heterocycles. The highest BCUT2D eigenvalue weighted by molar-refractivity contribution is 7.91. The van der Waals surface area contributed by atoms with Crippen LogP contribution < -0.4 is 4.90 Å². The molecule has 2 amide bonds. The number of ether oxygens (including phenoxy) is 1. The van der Waals surface area contributed by atoms with Gasteiger partial charge in [0.15, 0.2) is 0 Å². The van der Waals surface area contributed by atoms with Crippen LogP contribution in [0, 0.1) is 5.82 Å². The molecular weight excluding hydrogens is 495 g/mol. The van der Waals surface area contributed by atoms with E-state index >= 15 is 0 Å². The maximum Gasteiger partial charge on any atom is 0.338 e. The second-order valence-corrected chi connectivity index (χ2v) is 10.7. The second kappa shape index (κ2) is 10.1. The Morgan fingerprint density at radius 2 is 1.80 bits per heavy atom. The van der Waals surface area contributed by atoms with Crippen molar-refractivity contribution in [2.45, 2.75) is 30.1 Å². The molecule has 1 fully saturated rings. The van der Waals surface area contributed by atoms with Crippen LogP contribution in [0.3, 0.4) is 0 Å². The van der Waals surface area contributed by atoms with E-state index in [4.69, 9.17) is 4.74 Å². The number of esters is 1. The summed E-state index contributed by atoms with van der Waals surface area (Å²) in [6, 6.07) is 12.7. The predicted molar refractivity (Wildman–Crippen MR) is 127 cm³/mol. The number of anilines is 1. The third-order valence-electron chi connectivity index (χ3n) is 5.42. The topological polar surface area (TPSA) is 101 Å². The van der Waals surface area contributed by atoms with E-state index in [-0.39, 0.29) is 35.0 Å². The zero-order valence-electron chi connectivity index (χ0n) is 18.6. The molecule has 2 heterocycles. The molecule has 0 aliphatic carbocycles. The van der Waals surface area contributed by atoms with Gasteiger partial charge in [-0.05, 0) is 60.3 Å². The summed E-state index contributed by atoms with van der Waals surface area (Å²) in [5.74, 6) is -2.30. The molecule has 3 aromatic rings. The number of nitrogens with zero attached hydrogens (tertiary/aromatic N) is 2. The Morgan fingerprint density at radius 1 is 1.11 bits per heavy atom. The van der Waals surface area contributed by atoms with Crippen LogP contribution in [0.5, 0.6) is 0 Å². The molecule has 1 atom stereocenters. The molecule has 1 aliphatic heterocycles. The predicted octanol–water partition coefficient (Wildman–Crippen LogP) is 3.59. The summed E-state index contributed by atoms with van der Waals surface area (Å²) in [5.41, 5.74) is 0.930. The van der Waals surface area contributed by atoms with E-state index in [9.17, 15) is 27.2 Å². The first-order chi connectivity index (χ1) is 16.7. The number of sulfonamides is 1. The lowest BCUT2D eigenvalue weighted by atomic mass is 10.2. The van der Waals surface area contributed by atoms with Crippen molar-refractivity contribution >= 4 is 44.8 Å². The highest BCUT2D eigenvalue weighted by Gasteiger charge is 2.47. The summed E-state index contributed by atoms with van der Waals surface area (Å²) in [7, 11) is -4.14. The largest absolute Gasteiger partial charge is 0.462 e. The Morgan fingerprint density at radius 3 is 2.40 bits per heavy atom. The van der Waals surface area contributed by atoms with Crippen molar-refractivity contribution in [2.24, 2.45) is 0 Å². The molecule has 8 nitrogen and oxygen atoms in total. The third-order valence-corrected chi connectivity index (χ3v) is 8.64. The molecule has 11 heteroatoms. The molecule has 0 bridgehead atoms. The summed E-state index contributed by atoms with van der Waals surface area (Å²) in [6.07, 6.45) is -0.357. The summed E-state index contributed by atoms with van der Waals surface area (Å²) in [5, 5.41) is 1.60. The van der Waals surface area contributed by atoms with Crippen molar-refractivity contribution in [3.05, 3.63) is 83.0 Å². The fourth-order valence-corrected chi connectivity index (χ4v) is 6.42. The first kappa shape index (κ1) is 24.7. The van der Waals surface area contributed by atoms with Gasteiger partial charge in [0.2, 0.25) is 5.91 Å². The van der Waals surface area contributed by atoms with Gasteiger partial charge in [-0.15, -0.1) is 11.3 Å². The van der Waals surface area contributed by atoms with Crippen LogP contribution in [0.2, 0.25) is 0 Å². The Labute approximate surface area is 205 Å². The van der Waals surface area contributed by atoms with Crippen LogP contribution in [0.4, 0.5) is 10.1 Å². The molecule has 0 saturated carbocycles. The van der Waals surface area contributed by atoms with E-state index < -0.39 is 39.7 Å². The summed E-state index contributed by atoms with van der Waals surface area (Å²) >= 11 is 0.994. The Kier molecular flexibility index (Phi) is 7.10. The summed E-state index contributed by atoms with van der Waals surface area (Å²) in [6.45, 7) is 1.66. The molecule has 4 rings (SSSR count). The lowest BCUT2D eigenvalue weighted by Crippen LogP contribution is -2.44. The number of hydrogen-bond acceptors (Lipinski definition) is 7. The van der Waals surface area contributed by atoms with Gasteiger partial charge in [-0.1, -0.05) is 18.2 Å². The van der Waals surface area contributed by atoms with Crippen LogP contribution in [0.15, 0.2) is 70.3 Å². The van der Waals surface area contributed by atoms with Crippen LogP contribution in [-0.4, -0.2) is 43.2 Å². The third kappa shape index (κ3) is 5.02. The molecule has 35 heavy (non-hydrogen) atoms. The molecule has 0 spiro atoms. The van der Waals surface area contributed by atoms with E-state index in [1.165, 1.54) is 54.6 Å². The number of rotatable bonds is 8. The standard InChI is InChI=1S/C24H21FN2O6S2/c1-2-33-24(30)17-7-11-19(12-8-17)27-21(28)14-20(23(27)29)26(15-16-5-9-18(25)10-6-16)35(31,32)22-4-3-13-34-22/h3-13,20H,2,14-15H2,1H3. The van der Waals surface area contributed by atoms with Gasteiger partial charge < -0.3 is 4.74 Å². The zero-order chi connectivity index (χ0) is 25.2. The van der Waals surface area contributed by atoms with E-state index in [1.807, 2.05) is 0 Å². The highest BCUT2D eigenvalue weighted by Crippen LogP contribution is 2.32. The molecule has 1 aliphatic rings. The normalized spacial score (nSPS) is 16.2. The smallest absolute Gasteiger partial charge is 0.338 e. The van der Waals surface area contributed by atoms with Gasteiger partial charge in [0.25, 0.3) is 15.9 Å². The average Bonchev–Trinajstić information content (AvgIpc) is 3.48. The zero-order valence-corrected chi connectivity index (χ0v) is 20.2. The number of halogens is 1. The maximum atomic E-state index is 13.5. The van der Waals surface area contributed by atoms with Gasteiger partial charge >= 0.3 is 5.97 Å². The number of thiophene rings is 1. The number of benzene rings is 2. The molecule has 1 unspecified atom stereocenters. The van der Waals surface area contributed by atoms with Gasteiger partial charge in [-0.2, -0.15) is 4.31 Å². The first-order valence-electron chi connectivity index (χ1n) is 10.7. The Bertz CT molecular complexity index is 1340. The summed E-state index contributed by atoms with van der Waals surface area (Å²) in [4.78, 5) is 39.1. The van der Waals surface area contributed by atoms with Crippen molar-refractivity contribution in [2.75, 3.05) is 11.5 Å². The lowest BCUT2D eigenvalue weighted by Gasteiger charge is -2.26. The van der Waals surface area contributed by atoms with Gasteiger partial charge in [0.1, 0.15) is 16.1 Å². The van der Waals surface area contributed by atoms with Crippen LogP contribution >= 0.6 is 11.3 Å². The van der Waals surface area contributed by atoms with E-state index in [2.05, 4.69) is 0 Å². The SMILES string of the molecule is CCOC(=O)c1ccc(N2C(=O)CC(N(Cc3ccc(F)cc3)S(=O)(=O)c3cccs3)C2=O)cc1. The second-order valence-electron chi connectivity index (χ2n) is 7.66. The van der Waals surface area contributed by atoms with Gasteiger partial charge in [0.05, 0.1) is 24.3 Å². The fraction of sp³-hybridized carbons (Fsp3) is 0.208. The minimum atomic E-state index is -4.14. The van der Waals surface area contributed by atoms with Crippen molar-refractivity contribution in [1.29, 1.82) is 0 Å². The van der Waals surface area contributed by atoms with Gasteiger partial charge in [-0.3, -0.25) is 9.59 Å². The minimum Gasteiger partial charge on any atom is -0.462 e. The van der Waals surface area contributed by atoms with Crippen molar-refractivity contribution in [3.63, 3.8) is 0 Å². The molecule has 182 valence electrons.